The van der Waals surface area contributed by atoms with Gasteiger partial charge in [-0.1, -0.05) is 0 Å². The lowest BCUT2D eigenvalue weighted by atomic mass is 10.1. The Labute approximate surface area is 129 Å². The van der Waals surface area contributed by atoms with Gasteiger partial charge in [0, 0.05) is 16.6 Å². The third-order valence-corrected chi connectivity index (χ3v) is 3.63. The smallest absolute Gasteiger partial charge is 0.270 e. The summed E-state index contributed by atoms with van der Waals surface area (Å²) in [5, 5.41) is 13.5. The quantitative estimate of drug-likeness (QED) is 0.670. The number of hydrogen-bond acceptors (Lipinski definition) is 4. The molecule has 1 atom stereocenters. The molecule has 0 aliphatic carbocycles. The predicted octanol–water partition coefficient (Wildman–Crippen LogP) is 3.75. The van der Waals surface area contributed by atoms with Crippen LogP contribution in [0.1, 0.15) is 34.8 Å². The van der Waals surface area contributed by atoms with E-state index in [1.165, 1.54) is 18.2 Å². The number of furan rings is 1. The summed E-state index contributed by atoms with van der Waals surface area (Å²) in [4.78, 5) is 22.5. The fourth-order valence-electron chi connectivity index (χ4n) is 1.83. The van der Waals surface area contributed by atoms with Crippen LogP contribution in [-0.2, 0) is 0 Å². The lowest BCUT2D eigenvalue weighted by molar-refractivity contribution is -0.384. The van der Waals surface area contributed by atoms with Crippen molar-refractivity contribution in [1.82, 2.24) is 5.32 Å². The molecule has 2 aromatic rings. The van der Waals surface area contributed by atoms with Gasteiger partial charge in [-0.05, 0) is 48.0 Å². The molecule has 0 fully saturated rings. The fraction of sp³-hybridized carbons (Fsp3) is 0.214. The summed E-state index contributed by atoms with van der Waals surface area (Å²) in [6.07, 6.45) is 0. The summed E-state index contributed by atoms with van der Waals surface area (Å²) in [7, 11) is 0. The monoisotopic (exact) mass is 352 g/mol. The summed E-state index contributed by atoms with van der Waals surface area (Å²) in [6, 6.07) is 7.30. The number of carbonyl (C=O) groups is 1. The average Bonchev–Trinajstić information content (AvgIpc) is 2.85. The van der Waals surface area contributed by atoms with E-state index in [0.29, 0.717) is 10.2 Å². The van der Waals surface area contributed by atoms with Crippen LogP contribution in [0.2, 0.25) is 0 Å². The molecule has 2 rings (SSSR count). The molecule has 0 saturated carbocycles. The van der Waals surface area contributed by atoms with E-state index < -0.39 is 10.8 Å². The Hall–Kier alpha value is -2.15. The van der Waals surface area contributed by atoms with Gasteiger partial charge in [0.15, 0.2) is 0 Å². The zero-order chi connectivity index (χ0) is 15.6. The van der Waals surface area contributed by atoms with Gasteiger partial charge in [-0.25, -0.2) is 0 Å². The number of halogens is 1. The van der Waals surface area contributed by atoms with Gasteiger partial charge < -0.3 is 9.73 Å². The third-order valence-electron chi connectivity index (χ3n) is 2.94. The standard InChI is InChI=1S/C14H13BrN2O4/c1-8-3-6-13(21-8)9(2)16-14(18)11-7-10(17(19)20)4-5-12(11)15/h3-7,9H,1-2H3,(H,16,18). The average molecular weight is 353 g/mol. The molecule has 1 aromatic heterocycles. The Morgan fingerprint density at radius 3 is 2.67 bits per heavy atom. The van der Waals surface area contributed by atoms with Crippen LogP contribution in [0.15, 0.2) is 39.2 Å². The number of aryl methyl sites for hydroxylation is 1. The second-order valence-electron chi connectivity index (χ2n) is 4.56. The normalized spacial score (nSPS) is 12.0. The number of rotatable bonds is 4. The topological polar surface area (TPSA) is 85.4 Å². The third kappa shape index (κ3) is 3.49. The summed E-state index contributed by atoms with van der Waals surface area (Å²) in [6.45, 7) is 3.59. The Bertz CT molecular complexity index is 696. The van der Waals surface area contributed by atoms with E-state index in [0.717, 1.165) is 5.76 Å². The van der Waals surface area contributed by atoms with Crippen LogP contribution < -0.4 is 5.32 Å². The fourth-order valence-corrected chi connectivity index (χ4v) is 2.26. The van der Waals surface area contributed by atoms with Gasteiger partial charge in [0.25, 0.3) is 11.6 Å². The number of nitro groups is 1. The number of nitrogens with one attached hydrogen (secondary N) is 1. The number of nitro benzene ring substituents is 1. The maximum atomic E-state index is 12.2. The number of nitrogens with zero attached hydrogens (tertiary/aromatic N) is 1. The lowest BCUT2D eigenvalue weighted by Crippen LogP contribution is -2.26. The highest BCUT2D eigenvalue weighted by Crippen LogP contribution is 2.24. The number of benzene rings is 1. The summed E-state index contributed by atoms with van der Waals surface area (Å²) < 4.78 is 5.93. The van der Waals surface area contributed by atoms with Gasteiger partial charge >= 0.3 is 0 Å². The zero-order valence-electron chi connectivity index (χ0n) is 11.4. The van der Waals surface area contributed by atoms with Crippen molar-refractivity contribution in [2.24, 2.45) is 0 Å². The maximum absolute atomic E-state index is 12.2. The van der Waals surface area contributed by atoms with Crippen molar-refractivity contribution in [3.63, 3.8) is 0 Å². The van der Waals surface area contributed by atoms with Crippen molar-refractivity contribution in [1.29, 1.82) is 0 Å². The van der Waals surface area contributed by atoms with Crippen molar-refractivity contribution in [2.75, 3.05) is 0 Å². The molecule has 0 bridgehead atoms. The van der Waals surface area contributed by atoms with Crippen molar-refractivity contribution in [3.05, 3.63) is 62.0 Å². The van der Waals surface area contributed by atoms with E-state index in [4.69, 9.17) is 4.42 Å². The first-order valence-corrected chi connectivity index (χ1v) is 6.99. The minimum Gasteiger partial charge on any atom is -0.464 e. The van der Waals surface area contributed by atoms with E-state index in [1.807, 2.05) is 6.92 Å². The highest BCUT2D eigenvalue weighted by molar-refractivity contribution is 9.10. The Morgan fingerprint density at radius 1 is 1.38 bits per heavy atom. The molecule has 0 aliphatic rings. The molecular weight excluding hydrogens is 340 g/mol. The van der Waals surface area contributed by atoms with Gasteiger partial charge in [-0.2, -0.15) is 0 Å². The number of amides is 1. The van der Waals surface area contributed by atoms with Gasteiger partial charge in [0.1, 0.15) is 11.5 Å². The largest absolute Gasteiger partial charge is 0.464 e. The maximum Gasteiger partial charge on any atom is 0.270 e. The van der Waals surface area contributed by atoms with Crippen LogP contribution in [0.4, 0.5) is 5.69 Å². The van der Waals surface area contributed by atoms with Gasteiger partial charge in [-0.15, -0.1) is 0 Å². The van der Waals surface area contributed by atoms with E-state index in [-0.39, 0.29) is 17.3 Å². The molecule has 0 spiro atoms. The number of carbonyl (C=O) groups excluding carboxylic acids is 1. The lowest BCUT2D eigenvalue weighted by Gasteiger charge is -2.12. The first-order valence-electron chi connectivity index (χ1n) is 6.19. The van der Waals surface area contributed by atoms with Crippen LogP contribution >= 0.6 is 15.9 Å². The van der Waals surface area contributed by atoms with E-state index in [9.17, 15) is 14.9 Å². The van der Waals surface area contributed by atoms with E-state index in [1.54, 1.807) is 19.1 Å². The second-order valence-corrected chi connectivity index (χ2v) is 5.42. The molecule has 7 heteroatoms. The van der Waals surface area contributed by atoms with Gasteiger partial charge in [0.05, 0.1) is 16.5 Å². The first-order chi connectivity index (χ1) is 9.88. The number of non-ortho nitro benzene ring substituents is 1. The van der Waals surface area contributed by atoms with Crippen LogP contribution in [0.3, 0.4) is 0 Å². The highest BCUT2D eigenvalue weighted by atomic mass is 79.9. The van der Waals surface area contributed by atoms with Crippen molar-refractivity contribution in [2.45, 2.75) is 19.9 Å². The van der Waals surface area contributed by atoms with Crippen LogP contribution in [0, 0.1) is 17.0 Å². The number of hydrogen-bond donors (Lipinski definition) is 1. The molecule has 1 amide bonds. The molecular formula is C14H13BrN2O4. The van der Waals surface area contributed by atoms with Crippen LogP contribution in [0.5, 0.6) is 0 Å². The van der Waals surface area contributed by atoms with Crippen molar-refractivity contribution >= 4 is 27.5 Å². The minimum absolute atomic E-state index is 0.134. The zero-order valence-corrected chi connectivity index (χ0v) is 13.0. The molecule has 1 N–H and O–H groups in total. The first kappa shape index (κ1) is 15.2. The molecule has 6 nitrogen and oxygen atoms in total. The van der Waals surface area contributed by atoms with Crippen molar-refractivity contribution < 1.29 is 14.1 Å². The molecule has 21 heavy (non-hydrogen) atoms. The van der Waals surface area contributed by atoms with Gasteiger partial charge in [-0.3, -0.25) is 14.9 Å². The van der Waals surface area contributed by atoms with Crippen LogP contribution in [-0.4, -0.2) is 10.8 Å². The summed E-state index contributed by atoms with van der Waals surface area (Å²) in [5.41, 5.74) is 0.0733. The minimum atomic E-state index is -0.539. The van der Waals surface area contributed by atoms with Crippen molar-refractivity contribution in [3.8, 4) is 0 Å². The molecule has 0 radical (unpaired) electrons. The second kappa shape index (κ2) is 6.09. The molecule has 1 unspecified atom stereocenters. The molecule has 1 aromatic carbocycles. The van der Waals surface area contributed by atoms with Crippen LogP contribution in [0.25, 0.3) is 0 Å². The Morgan fingerprint density at radius 2 is 2.10 bits per heavy atom. The SMILES string of the molecule is Cc1ccc(C(C)NC(=O)c2cc([N+](=O)[O-])ccc2Br)o1. The molecule has 1 heterocycles. The molecule has 0 saturated heterocycles. The van der Waals surface area contributed by atoms with E-state index in [2.05, 4.69) is 21.2 Å². The molecule has 110 valence electrons. The Kier molecular flexibility index (Phi) is 4.42. The highest BCUT2D eigenvalue weighted by Gasteiger charge is 2.19. The summed E-state index contributed by atoms with van der Waals surface area (Å²) >= 11 is 3.22. The Balaban J connectivity index is 2.20. The summed E-state index contributed by atoms with van der Waals surface area (Å²) in [5.74, 6) is 0.970. The van der Waals surface area contributed by atoms with E-state index >= 15 is 0 Å². The van der Waals surface area contributed by atoms with Gasteiger partial charge in [0.2, 0.25) is 0 Å². The molecule has 0 aliphatic heterocycles. The predicted molar refractivity (Wildman–Crippen MR) is 80.1 cm³/mol.